The summed E-state index contributed by atoms with van der Waals surface area (Å²) in [6.07, 6.45) is 0. The first kappa shape index (κ1) is 10.2. The Hall–Kier alpha value is -1.35. The summed E-state index contributed by atoms with van der Waals surface area (Å²) in [5.74, 6) is 0.639. The fourth-order valence-corrected chi connectivity index (χ4v) is 1.54. The molecule has 0 bridgehead atoms. The van der Waals surface area contributed by atoms with Crippen molar-refractivity contribution < 1.29 is 8.91 Å². The highest BCUT2D eigenvalue weighted by Crippen LogP contribution is 2.24. The maximum Gasteiger partial charge on any atom is 0.152 e. The zero-order chi connectivity index (χ0) is 10.8. The maximum atomic E-state index is 12.9. The molecule has 2 rings (SSSR count). The van der Waals surface area contributed by atoms with Crippen LogP contribution < -0.4 is 0 Å². The lowest BCUT2D eigenvalue weighted by atomic mass is 10.1. The highest BCUT2D eigenvalue weighted by Gasteiger charge is 2.08. The predicted molar refractivity (Wildman–Crippen MR) is 56.2 cm³/mol. The third-order valence-electron chi connectivity index (χ3n) is 2.16. The number of alkyl halides is 1. The largest absolute Gasteiger partial charge is 0.359 e. The van der Waals surface area contributed by atoms with Gasteiger partial charge in [0.1, 0.15) is 11.5 Å². The molecule has 78 valence electrons. The quantitative estimate of drug-likeness (QED) is 0.731. The summed E-state index contributed by atoms with van der Waals surface area (Å²) >= 11 is 5.60. The lowest BCUT2D eigenvalue weighted by molar-refractivity contribution is 0.396. The summed E-state index contributed by atoms with van der Waals surface area (Å²) in [4.78, 5) is 0. The van der Waals surface area contributed by atoms with Gasteiger partial charge in [-0.3, -0.25) is 0 Å². The minimum absolute atomic E-state index is 0.252. The normalized spacial score (nSPS) is 10.6. The van der Waals surface area contributed by atoms with Crippen molar-refractivity contribution >= 4 is 11.6 Å². The third-order valence-corrected chi connectivity index (χ3v) is 2.42. The molecule has 0 radical (unpaired) electrons. The topological polar surface area (TPSA) is 26.0 Å². The molecule has 0 fully saturated rings. The van der Waals surface area contributed by atoms with Gasteiger partial charge in [-0.1, -0.05) is 5.16 Å². The maximum absolute atomic E-state index is 12.9. The second-order valence-electron chi connectivity index (χ2n) is 3.27. The van der Waals surface area contributed by atoms with Gasteiger partial charge in [-0.25, -0.2) is 4.39 Å². The van der Waals surface area contributed by atoms with E-state index in [0.717, 1.165) is 11.1 Å². The van der Waals surface area contributed by atoms with E-state index in [4.69, 9.17) is 16.1 Å². The van der Waals surface area contributed by atoms with Crippen LogP contribution in [0.5, 0.6) is 0 Å². The molecule has 4 heteroatoms. The minimum atomic E-state index is -0.252. The van der Waals surface area contributed by atoms with Crippen molar-refractivity contribution in [3.63, 3.8) is 0 Å². The lowest BCUT2D eigenvalue weighted by Gasteiger charge is -2.00. The van der Waals surface area contributed by atoms with Gasteiger partial charge in [-0.2, -0.15) is 0 Å². The van der Waals surface area contributed by atoms with Crippen LogP contribution >= 0.6 is 11.6 Å². The zero-order valence-corrected chi connectivity index (χ0v) is 8.88. The average molecular weight is 226 g/mol. The fourth-order valence-electron chi connectivity index (χ4n) is 1.42. The molecule has 0 aliphatic heterocycles. The van der Waals surface area contributed by atoms with Gasteiger partial charge in [0, 0.05) is 11.6 Å². The smallest absolute Gasteiger partial charge is 0.152 e. The van der Waals surface area contributed by atoms with Crippen molar-refractivity contribution in [2.24, 2.45) is 0 Å². The van der Waals surface area contributed by atoms with Crippen molar-refractivity contribution in [3.05, 3.63) is 41.4 Å². The molecule has 0 spiro atoms. The SMILES string of the molecule is Cc1cc(F)ccc1-c1cc(CCl)on1. The number of hydrogen-bond donors (Lipinski definition) is 0. The van der Waals surface area contributed by atoms with E-state index >= 15 is 0 Å². The van der Waals surface area contributed by atoms with Gasteiger partial charge in [-0.15, -0.1) is 11.6 Å². The van der Waals surface area contributed by atoms with Gasteiger partial charge in [0.2, 0.25) is 0 Å². The first-order valence-electron chi connectivity index (χ1n) is 4.49. The van der Waals surface area contributed by atoms with Crippen LogP contribution in [-0.4, -0.2) is 5.16 Å². The second-order valence-corrected chi connectivity index (χ2v) is 3.54. The summed E-state index contributed by atoms with van der Waals surface area (Å²) in [5, 5.41) is 3.87. The monoisotopic (exact) mass is 225 g/mol. The molecular weight excluding hydrogens is 217 g/mol. The molecule has 0 amide bonds. The molecule has 0 N–H and O–H groups in total. The van der Waals surface area contributed by atoms with E-state index in [1.807, 2.05) is 6.92 Å². The van der Waals surface area contributed by atoms with Crippen molar-refractivity contribution in [1.82, 2.24) is 5.16 Å². The van der Waals surface area contributed by atoms with Gasteiger partial charge >= 0.3 is 0 Å². The zero-order valence-electron chi connectivity index (χ0n) is 8.13. The molecule has 15 heavy (non-hydrogen) atoms. The highest BCUT2D eigenvalue weighted by molar-refractivity contribution is 6.16. The first-order chi connectivity index (χ1) is 7.20. The Morgan fingerprint density at radius 1 is 1.40 bits per heavy atom. The van der Waals surface area contributed by atoms with Crippen LogP contribution in [0.4, 0.5) is 4.39 Å². The van der Waals surface area contributed by atoms with Gasteiger partial charge in [0.05, 0.1) is 5.88 Å². The van der Waals surface area contributed by atoms with Crippen LogP contribution in [0, 0.1) is 12.7 Å². The number of nitrogens with zero attached hydrogens (tertiary/aromatic N) is 1. The predicted octanol–water partition coefficient (Wildman–Crippen LogP) is 3.53. The molecule has 1 aromatic heterocycles. The van der Waals surface area contributed by atoms with Crippen LogP contribution in [0.15, 0.2) is 28.8 Å². The Bertz CT molecular complexity index is 481. The molecule has 0 atom stereocenters. The van der Waals surface area contributed by atoms with Crippen LogP contribution in [0.3, 0.4) is 0 Å². The molecule has 0 unspecified atom stereocenters. The van der Waals surface area contributed by atoms with Gasteiger partial charge in [0.25, 0.3) is 0 Å². The van der Waals surface area contributed by atoms with Crippen molar-refractivity contribution in [3.8, 4) is 11.3 Å². The highest BCUT2D eigenvalue weighted by atomic mass is 35.5. The average Bonchev–Trinajstić information content (AvgIpc) is 2.66. The Morgan fingerprint density at radius 2 is 2.20 bits per heavy atom. The summed E-state index contributed by atoms with van der Waals surface area (Å²) in [6, 6.07) is 6.30. The number of aromatic nitrogens is 1. The summed E-state index contributed by atoms with van der Waals surface area (Å²) in [7, 11) is 0. The van der Waals surface area contributed by atoms with E-state index in [1.54, 1.807) is 12.1 Å². The van der Waals surface area contributed by atoms with Crippen LogP contribution in [0.2, 0.25) is 0 Å². The number of aryl methyl sites for hydroxylation is 1. The van der Waals surface area contributed by atoms with E-state index in [2.05, 4.69) is 5.16 Å². The minimum Gasteiger partial charge on any atom is -0.359 e. The molecule has 1 aromatic carbocycles. The summed E-state index contributed by atoms with van der Waals surface area (Å²) in [5.41, 5.74) is 2.36. The van der Waals surface area contributed by atoms with E-state index in [9.17, 15) is 4.39 Å². The number of halogens is 2. The number of rotatable bonds is 2. The van der Waals surface area contributed by atoms with E-state index in [0.29, 0.717) is 11.5 Å². The second kappa shape index (κ2) is 4.03. The molecular formula is C11H9ClFNO. The van der Waals surface area contributed by atoms with Crippen LogP contribution in [-0.2, 0) is 5.88 Å². The van der Waals surface area contributed by atoms with Crippen molar-refractivity contribution in [2.75, 3.05) is 0 Å². The fraction of sp³-hybridized carbons (Fsp3) is 0.182. The summed E-state index contributed by atoms with van der Waals surface area (Å²) < 4.78 is 17.8. The molecule has 0 saturated carbocycles. The summed E-state index contributed by atoms with van der Waals surface area (Å²) in [6.45, 7) is 1.83. The molecule has 0 aliphatic rings. The van der Waals surface area contributed by atoms with Crippen LogP contribution in [0.1, 0.15) is 11.3 Å². The molecule has 1 heterocycles. The van der Waals surface area contributed by atoms with Gasteiger partial charge in [-0.05, 0) is 30.7 Å². The Kier molecular flexibility index (Phi) is 2.73. The molecule has 0 aliphatic carbocycles. The lowest BCUT2D eigenvalue weighted by Crippen LogP contribution is -1.84. The van der Waals surface area contributed by atoms with Crippen LogP contribution in [0.25, 0.3) is 11.3 Å². The molecule has 2 aromatic rings. The third kappa shape index (κ3) is 2.02. The van der Waals surface area contributed by atoms with E-state index in [-0.39, 0.29) is 11.7 Å². The van der Waals surface area contributed by atoms with E-state index in [1.165, 1.54) is 12.1 Å². The van der Waals surface area contributed by atoms with Gasteiger partial charge in [0.15, 0.2) is 5.76 Å². The van der Waals surface area contributed by atoms with Crippen molar-refractivity contribution in [2.45, 2.75) is 12.8 Å². The Morgan fingerprint density at radius 3 is 2.80 bits per heavy atom. The molecule has 0 saturated heterocycles. The van der Waals surface area contributed by atoms with Crippen molar-refractivity contribution in [1.29, 1.82) is 0 Å². The Labute approximate surface area is 91.7 Å². The van der Waals surface area contributed by atoms with Gasteiger partial charge < -0.3 is 4.52 Å². The number of benzene rings is 1. The first-order valence-corrected chi connectivity index (χ1v) is 5.02. The van der Waals surface area contributed by atoms with E-state index < -0.39 is 0 Å². The standard InChI is InChI=1S/C11H9ClFNO/c1-7-4-8(13)2-3-10(7)11-5-9(6-12)15-14-11/h2-5H,6H2,1H3. The number of hydrogen-bond acceptors (Lipinski definition) is 2. The Balaban J connectivity index is 2.44. The molecule has 2 nitrogen and oxygen atoms in total.